The maximum absolute atomic E-state index is 12.5. The third kappa shape index (κ3) is 3.63. The van der Waals surface area contributed by atoms with Gasteiger partial charge >= 0.3 is 0 Å². The van der Waals surface area contributed by atoms with E-state index in [0.717, 1.165) is 10.4 Å². The zero-order valence-electron chi connectivity index (χ0n) is 14.5. The van der Waals surface area contributed by atoms with Gasteiger partial charge in [0, 0.05) is 5.56 Å². The normalized spacial score (nSPS) is 10.7. The van der Waals surface area contributed by atoms with Crippen molar-refractivity contribution in [3.63, 3.8) is 0 Å². The van der Waals surface area contributed by atoms with Crippen molar-refractivity contribution in [2.45, 2.75) is 6.42 Å². The topological polar surface area (TPSA) is 77.5 Å². The monoisotopic (exact) mass is 380 g/mol. The van der Waals surface area contributed by atoms with Crippen molar-refractivity contribution in [1.29, 1.82) is 0 Å². The Hall–Kier alpha value is -3.32. The fourth-order valence-corrected chi connectivity index (χ4v) is 3.67. The first-order valence-corrected chi connectivity index (χ1v) is 9.06. The number of aromatic nitrogens is 1. The molecule has 27 heavy (non-hydrogen) atoms. The smallest absolute Gasteiger partial charge is 0.230 e. The molecule has 0 spiro atoms. The van der Waals surface area contributed by atoms with E-state index in [1.165, 1.54) is 11.3 Å². The van der Waals surface area contributed by atoms with E-state index in [1.54, 1.807) is 31.8 Å². The number of carbonyl (C=O) groups excluding carboxylic acids is 1. The van der Waals surface area contributed by atoms with Crippen molar-refractivity contribution >= 4 is 22.4 Å². The second-order valence-corrected chi connectivity index (χ2v) is 6.69. The molecule has 0 aliphatic rings. The molecule has 1 amide bonds. The van der Waals surface area contributed by atoms with E-state index >= 15 is 0 Å². The van der Waals surface area contributed by atoms with E-state index in [2.05, 4.69) is 10.3 Å². The van der Waals surface area contributed by atoms with Gasteiger partial charge in [-0.1, -0.05) is 29.5 Å². The zero-order chi connectivity index (χ0) is 18.6. The van der Waals surface area contributed by atoms with Crippen molar-refractivity contribution in [2.75, 3.05) is 12.4 Å². The third-order valence-electron chi connectivity index (χ3n) is 3.92. The second kappa shape index (κ2) is 7.51. The molecule has 4 aromatic rings. The van der Waals surface area contributed by atoms with E-state index < -0.39 is 0 Å². The highest BCUT2D eigenvalue weighted by Crippen LogP contribution is 2.39. The fraction of sp³-hybridized carbons (Fsp3) is 0.100. The molecule has 0 saturated heterocycles. The van der Waals surface area contributed by atoms with Crippen LogP contribution in [0.3, 0.4) is 0 Å². The van der Waals surface area contributed by atoms with Gasteiger partial charge in [-0.2, -0.15) is 0 Å². The van der Waals surface area contributed by atoms with Crippen LogP contribution in [-0.2, 0) is 11.2 Å². The number of amides is 1. The molecule has 3 heterocycles. The lowest BCUT2D eigenvalue weighted by Gasteiger charge is -2.07. The highest BCUT2D eigenvalue weighted by atomic mass is 32.1. The number of furan rings is 2. The Morgan fingerprint density at radius 3 is 2.52 bits per heavy atom. The standard InChI is InChI=1S/C20H16N2O4S/c1-24-14-7-3-2-6-13(14)12-17(23)21-20-22-18(15-8-4-10-25-15)19(27-20)16-9-5-11-26-16/h2-11H,12H2,1H3,(H,21,22,23). The number of methoxy groups -OCH3 is 1. The summed E-state index contributed by atoms with van der Waals surface area (Å²) in [7, 11) is 1.59. The first kappa shape index (κ1) is 17.1. The Morgan fingerprint density at radius 1 is 1.07 bits per heavy atom. The number of thiazole rings is 1. The highest BCUT2D eigenvalue weighted by molar-refractivity contribution is 7.19. The number of ether oxygens (including phenoxy) is 1. The number of hydrogen-bond acceptors (Lipinski definition) is 6. The number of carbonyl (C=O) groups is 1. The predicted molar refractivity (Wildman–Crippen MR) is 103 cm³/mol. The average molecular weight is 380 g/mol. The van der Waals surface area contributed by atoms with Gasteiger partial charge in [0.1, 0.15) is 22.1 Å². The molecule has 0 saturated carbocycles. The number of nitrogens with zero attached hydrogens (tertiary/aromatic N) is 1. The van der Waals surface area contributed by atoms with Crippen molar-refractivity contribution in [2.24, 2.45) is 0 Å². The maximum atomic E-state index is 12.5. The summed E-state index contributed by atoms with van der Waals surface area (Å²) in [6.45, 7) is 0. The number of para-hydroxylation sites is 1. The van der Waals surface area contributed by atoms with Crippen molar-refractivity contribution in [3.8, 4) is 27.8 Å². The number of anilines is 1. The van der Waals surface area contributed by atoms with Gasteiger partial charge in [-0.25, -0.2) is 4.98 Å². The molecule has 136 valence electrons. The molecule has 0 atom stereocenters. The van der Waals surface area contributed by atoms with Crippen LogP contribution in [0.2, 0.25) is 0 Å². The summed E-state index contributed by atoms with van der Waals surface area (Å²) >= 11 is 1.34. The highest BCUT2D eigenvalue weighted by Gasteiger charge is 2.20. The lowest BCUT2D eigenvalue weighted by Crippen LogP contribution is -2.14. The van der Waals surface area contributed by atoms with Crippen LogP contribution in [0.15, 0.2) is 69.9 Å². The lowest BCUT2D eigenvalue weighted by atomic mass is 10.1. The van der Waals surface area contributed by atoms with Gasteiger partial charge in [-0.15, -0.1) is 0 Å². The molecule has 4 rings (SSSR count). The van der Waals surface area contributed by atoms with Crippen LogP contribution < -0.4 is 10.1 Å². The molecule has 3 aromatic heterocycles. The van der Waals surface area contributed by atoms with Crippen molar-refractivity contribution in [3.05, 3.63) is 66.6 Å². The minimum atomic E-state index is -0.176. The van der Waals surface area contributed by atoms with Gasteiger partial charge in [0.15, 0.2) is 10.9 Å². The van der Waals surface area contributed by atoms with Gasteiger partial charge in [0.05, 0.1) is 26.1 Å². The van der Waals surface area contributed by atoms with E-state index in [-0.39, 0.29) is 12.3 Å². The van der Waals surface area contributed by atoms with Gasteiger partial charge in [-0.05, 0) is 30.3 Å². The maximum Gasteiger partial charge on any atom is 0.230 e. The Labute approximate surface area is 159 Å². The molecule has 0 radical (unpaired) electrons. The number of hydrogen-bond donors (Lipinski definition) is 1. The number of benzene rings is 1. The Morgan fingerprint density at radius 2 is 1.81 bits per heavy atom. The Balaban J connectivity index is 1.59. The van der Waals surface area contributed by atoms with Crippen LogP contribution in [0.4, 0.5) is 5.13 Å². The molecule has 0 aliphatic heterocycles. The van der Waals surface area contributed by atoms with Crippen molar-refractivity contribution in [1.82, 2.24) is 4.98 Å². The summed E-state index contributed by atoms with van der Waals surface area (Å²) in [5.74, 6) is 1.79. The zero-order valence-corrected chi connectivity index (χ0v) is 15.3. The van der Waals surface area contributed by atoms with E-state index in [4.69, 9.17) is 13.6 Å². The van der Waals surface area contributed by atoms with Crippen LogP contribution in [0.1, 0.15) is 5.56 Å². The first-order valence-electron chi connectivity index (χ1n) is 8.25. The quantitative estimate of drug-likeness (QED) is 0.517. The number of nitrogens with one attached hydrogen (secondary N) is 1. The van der Waals surface area contributed by atoms with Crippen LogP contribution >= 0.6 is 11.3 Å². The van der Waals surface area contributed by atoms with Gasteiger partial charge in [-0.3, -0.25) is 4.79 Å². The van der Waals surface area contributed by atoms with Gasteiger partial charge < -0.3 is 18.9 Å². The summed E-state index contributed by atoms with van der Waals surface area (Å²) in [4.78, 5) is 17.8. The third-order valence-corrected chi connectivity index (χ3v) is 4.90. The molecule has 0 bridgehead atoms. The summed E-state index contributed by atoms with van der Waals surface area (Å²) in [6.07, 6.45) is 3.37. The van der Waals surface area contributed by atoms with E-state index in [9.17, 15) is 4.79 Å². The van der Waals surface area contributed by atoms with E-state index in [1.807, 2.05) is 36.4 Å². The van der Waals surface area contributed by atoms with Gasteiger partial charge in [0.2, 0.25) is 5.91 Å². The summed E-state index contributed by atoms with van der Waals surface area (Å²) in [6, 6.07) is 14.7. The van der Waals surface area contributed by atoms with Crippen LogP contribution in [0, 0.1) is 0 Å². The Bertz CT molecular complexity index is 984. The summed E-state index contributed by atoms with van der Waals surface area (Å²) < 4.78 is 16.3. The Kier molecular flexibility index (Phi) is 4.76. The summed E-state index contributed by atoms with van der Waals surface area (Å²) in [5, 5.41) is 3.34. The molecule has 0 unspecified atom stereocenters. The largest absolute Gasteiger partial charge is 0.496 e. The van der Waals surface area contributed by atoms with Crippen molar-refractivity contribution < 1.29 is 18.4 Å². The minimum Gasteiger partial charge on any atom is -0.496 e. The molecule has 1 N–H and O–H groups in total. The lowest BCUT2D eigenvalue weighted by molar-refractivity contribution is -0.115. The molecule has 0 aliphatic carbocycles. The molecular formula is C20H16N2O4S. The number of rotatable bonds is 6. The average Bonchev–Trinajstić information content (AvgIpc) is 3.42. The molecule has 0 fully saturated rings. The predicted octanol–water partition coefficient (Wildman–Crippen LogP) is 4.85. The second-order valence-electron chi connectivity index (χ2n) is 5.69. The molecule has 1 aromatic carbocycles. The molecular weight excluding hydrogens is 364 g/mol. The minimum absolute atomic E-state index is 0.176. The first-order chi connectivity index (χ1) is 13.2. The SMILES string of the molecule is COc1ccccc1CC(=O)Nc1nc(-c2ccco2)c(-c2ccco2)s1. The van der Waals surface area contributed by atoms with Crippen LogP contribution in [0.25, 0.3) is 22.1 Å². The van der Waals surface area contributed by atoms with Gasteiger partial charge in [0.25, 0.3) is 0 Å². The summed E-state index contributed by atoms with van der Waals surface area (Å²) in [5.41, 5.74) is 1.44. The van der Waals surface area contributed by atoms with Crippen LogP contribution in [-0.4, -0.2) is 18.0 Å². The van der Waals surface area contributed by atoms with E-state index in [0.29, 0.717) is 28.1 Å². The molecule has 7 heteroatoms. The molecule has 6 nitrogen and oxygen atoms in total. The fourth-order valence-electron chi connectivity index (χ4n) is 2.71. The van der Waals surface area contributed by atoms with Crippen LogP contribution in [0.5, 0.6) is 5.75 Å².